The first-order valence-corrected chi connectivity index (χ1v) is 6.22. The molecule has 3 N–H and O–H groups in total. The summed E-state index contributed by atoms with van der Waals surface area (Å²) in [5.74, 6) is 0.536. The van der Waals surface area contributed by atoms with Crippen molar-refractivity contribution in [1.82, 2.24) is 4.98 Å². The summed E-state index contributed by atoms with van der Waals surface area (Å²) in [5.41, 5.74) is 9.36. The molecule has 0 atom stereocenters. The number of rotatable bonds is 3. The molecule has 0 unspecified atom stereocenters. The first-order valence-electron chi connectivity index (χ1n) is 5.43. The van der Waals surface area contributed by atoms with Crippen LogP contribution in [0, 0.1) is 6.92 Å². The van der Waals surface area contributed by atoms with Crippen molar-refractivity contribution in [2.45, 2.75) is 6.92 Å². The van der Waals surface area contributed by atoms with Crippen LogP contribution in [0.1, 0.15) is 5.56 Å². The van der Waals surface area contributed by atoms with E-state index in [-0.39, 0.29) is 0 Å². The molecular formula is C13H14BrN3O. The average Bonchev–Trinajstić information content (AvgIpc) is 2.36. The molecule has 0 spiro atoms. The predicted octanol–water partition coefficient (Wildman–Crippen LogP) is 3.49. The minimum Gasteiger partial charge on any atom is -0.480 e. The summed E-state index contributed by atoms with van der Waals surface area (Å²) < 4.78 is 6.19. The van der Waals surface area contributed by atoms with Crippen molar-refractivity contribution in [2.24, 2.45) is 0 Å². The van der Waals surface area contributed by atoms with Crippen molar-refractivity contribution in [2.75, 3.05) is 18.2 Å². The Hall–Kier alpha value is -1.75. The Balaban J connectivity index is 2.37. The van der Waals surface area contributed by atoms with Crippen LogP contribution in [0.15, 0.2) is 34.9 Å². The second-order valence-corrected chi connectivity index (χ2v) is 4.73. The van der Waals surface area contributed by atoms with Gasteiger partial charge in [0.05, 0.1) is 18.5 Å². The number of nitrogens with two attached hydrogens (primary N) is 1. The minimum absolute atomic E-state index is 0.536. The number of halogens is 1. The standard InChI is InChI=1S/C13H14BrN3O/c1-8-6-10(15)12(7-9(8)14)17-11-4-3-5-16-13(11)18-2/h3-7,17H,15H2,1-2H3. The number of pyridine rings is 1. The van der Waals surface area contributed by atoms with Gasteiger partial charge in [-0.2, -0.15) is 0 Å². The number of nitrogens with zero attached hydrogens (tertiary/aromatic N) is 1. The zero-order valence-electron chi connectivity index (χ0n) is 10.2. The molecule has 0 aliphatic rings. The van der Waals surface area contributed by atoms with Crippen LogP contribution >= 0.6 is 15.9 Å². The summed E-state index contributed by atoms with van der Waals surface area (Å²) in [6.07, 6.45) is 1.68. The summed E-state index contributed by atoms with van der Waals surface area (Å²) in [7, 11) is 1.59. The molecule has 2 aromatic rings. The highest BCUT2D eigenvalue weighted by Gasteiger charge is 2.07. The van der Waals surface area contributed by atoms with Gasteiger partial charge in [0.15, 0.2) is 0 Å². The fourth-order valence-corrected chi connectivity index (χ4v) is 1.95. The van der Waals surface area contributed by atoms with E-state index in [2.05, 4.69) is 26.2 Å². The Morgan fingerprint density at radius 1 is 1.33 bits per heavy atom. The average molecular weight is 308 g/mol. The molecular weight excluding hydrogens is 294 g/mol. The molecule has 5 heteroatoms. The van der Waals surface area contributed by atoms with E-state index in [9.17, 15) is 0 Å². The molecule has 0 bridgehead atoms. The van der Waals surface area contributed by atoms with Crippen LogP contribution in [0.25, 0.3) is 0 Å². The first kappa shape index (κ1) is 12.7. The van der Waals surface area contributed by atoms with E-state index in [4.69, 9.17) is 10.5 Å². The first-order chi connectivity index (χ1) is 8.61. The molecule has 0 aliphatic heterocycles. The van der Waals surface area contributed by atoms with Crippen LogP contribution in [-0.2, 0) is 0 Å². The molecule has 4 nitrogen and oxygen atoms in total. The lowest BCUT2D eigenvalue weighted by molar-refractivity contribution is 0.400. The van der Waals surface area contributed by atoms with Crippen molar-refractivity contribution in [3.8, 4) is 5.88 Å². The lowest BCUT2D eigenvalue weighted by Crippen LogP contribution is -2.00. The van der Waals surface area contributed by atoms with Crippen LogP contribution in [-0.4, -0.2) is 12.1 Å². The molecule has 1 heterocycles. The minimum atomic E-state index is 0.536. The lowest BCUT2D eigenvalue weighted by atomic mass is 10.2. The third kappa shape index (κ3) is 2.56. The van der Waals surface area contributed by atoms with Crippen molar-refractivity contribution < 1.29 is 4.74 Å². The fraction of sp³-hybridized carbons (Fsp3) is 0.154. The van der Waals surface area contributed by atoms with Crippen molar-refractivity contribution in [3.05, 3.63) is 40.5 Å². The summed E-state index contributed by atoms with van der Waals surface area (Å²) in [6, 6.07) is 7.58. The summed E-state index contributed by atoms with van der Waals surface area (Å²) in [5, 5.41) is 3.22. The van der Waals surface area contributed by atoms with Crippen LogP contribution in [0.4, 0.5) is 17.1 Å². The molecule has 94 valence electrons. The monoisotopic (exact) mass is 307 g/mol. The molecule has 1 aromatic heterocycles. The topological polar surface area (TPSA) is 60.2 Å². The number of nitrogens with one attached hydrogen (secondary N) is 1. The van der Waals surface area contributed by atoms with Crippen LogP contribution < -0.4 is 15.8 Å². The third-order valence-corrected chi connectivity index (χ3v) is 3.42. The SMILES string of the molecule is COc1ncccc1Nc1cc(Br)c(C)cc1N. The van der Waals surface area contributed by atoms with Crippen molar-refractivity contribution >= 4 is 33.0 Å². The van der Waals surface area contributed by atoms with Crippen LogP contribution in [0.2, 0.25) is 0 Å². The van der Waals surface area contributed by atoms with Crippen molar-refractivity contribution in [1.29, 1.82) is 0 Å². The van der Waals surface area contributed by atoms with Gasteiger partial charge in [-0.15, -0.1) is 0 Å². The Bertz CT molecular complexity index is 572. The maximum Gasteiger partial charge on any atom is 0.237 e. The Morgan fingerprint density at radius 2 is 2.11 bits per heavy atom. The predicted molar refractivity (Wildman–Crippen MR) is 77.4 cm³/mol. The molecule has 0 aliphatic carbocycles. The highest BCUT2D eigenvalue weighted by atomic mass is 79.9. The summed E-state index contributed by atoms with van der Waals surface area (Å²) >= 11 is 3.49. The van der Waals surface area contributed by atoms with Gasteiger partial charge in [0.2, 0.25) is 5.88 Å². The van der Waals surface area contributed by atoms with Gasteiger partial charge in [-0.3, -0.25) is 0 Å². The smallest absolute Gasteiger partial charge is 0.237 e. The second-order valence-electron chi connectivity index (χ2n) is 3.87. The van der Waals surface area contributed by atoms with Crippen LogP contribution in [0.5, 0.6) is 5.88 Å². The fourth-order valence-electron chi connectivity index (χ4n) is 1.61. The molecule has 2 rings (SSSR count). The number of anilines is 3. The van der Waals surface area contributed by atoms with E-state index in [1.165, 1.54) is 0 Å². The van der Waals surface area contributed by atoms with Gasteiger partial charge in [-0.1, -0.05) is 15.9 Å². The van der Waals surface area contributed by atoms with Gasteiger partial charge in [0, 0.05) is 10.7 Å². The van der Waals surface area contributed by atoms with E-state index < -0.39 is 0 Å². The Kier molecular flexibility index (Phi) is 3.72. The number of hydrogen-bond donors (Lipinski definition) is 2. The highest BCUT2D eigenvalue weighted by Crippen LogP contribution is 2.32. The highest BCUT2D eigenvalue weighted by molar-refractivity contribution is 9.10. The normalized spacial score (nSPS) is 10.2. The van der Waals surface area contributed by atoms with E-state index in [0.717, 1.165) is 21.4 Å². The van der Waals surface area contributed by atoms with Gasteiger partial charge < -0.3 is 15.8 Å². The maximum absolute atomic E-state index is 5.99. The molecule has 1 aromatic carbocycles. The number of ether oxygens (including phenoxy) is 1. The number of aromatic nitrogens is 1. The third-order valence-electron chi connectivity index (χ3n) is 2.56. The Labute approximate surface area is 114 Å². The Morgan fingerprint density at radius 3 is 2.83 bits per heavy atom. The molecule has 0 saturated carbocycles. The van der Waals surface area contributed by atoms with Crippen molar-refractivity contribution in [3.63, 3.8) is 0 Å². The second kappa shape index (κ2) is 5.27. The van der Waals surface area contributed by atoms with E-state index in [1.807, 2.05) is 31.2 Å². The lowest BCUT2D eigenvalue weighted by Gasteiger charge is -2.13. The largest absolute Gasteiger partial charge is 0.480 e. The zero-order valence-corrected chi connectivity index (χ0v) is 11.8. The maximum atomic E-state index is 5.99. The van der Waals surface area contributed by atoms with Gasteiger partial charge in [0.1, 0.15) is 5.69 Å². The van der Waals surface area contributed by atoms with Crippen LogP contribution in [0.3, 0.4) is 0 Å². The molecule has 0 radical (unpaired) electrons. The summed E-state index contributed by atoms with van der Waals surface area (Å²) in [6.45, 7) is 1.99. The molecule has 0 fully saturated rings. The number of hydrogen-bond acceptors (Lipinski definition) is 4. The van der Waals surface area contributed by atoms with E-state index in [0.29, 0.717) is 11.6 Å². The quantitative estimate of drug-likeness (QED) is 0.852. The number of aryl methyl sites for hydroxylation is 1. The zero-order chi connectivity index (χ0) is 13.1. The number of methoxy groups -OCH3 is 1. The molecule has 18 heavy (non-hydrogen) atoms. The number of nitrogen functional groups attached to an aromatic ring is 1. The molecule has 0 saturated heterocycles. The van der Waals surface area contributed by atoms with Gasteiger partial charge >= 0.3 is 0 Å². The van der Waals surface area contributed by atoms with E-state index in [1.54, 1.807) is 13.3 Å². The van der Waals surface area contributed by atoms with Gasteiger partial charge in [-0.05, 0) is 36.8 Å². The molecule has 0 amide bonds. The van der Waals surface area contributed by atoms with E-state index >= 15 is 0 Å². The summed E-state index contributed by atoms with van der Waals surface area (Å²) in [4.78, 5) is 4.13. The van der Waals surface area contributed by atoms with Gasteiger partial charge in [0.25, 0.3) is 0 Å². The number of benzene rings is 1. The van der Waals surface area contributed by atoms with Gasteiger partial charge in [-0.25, -0.2) is 4.98 Å².